The number of halogens is 1. The van der Waals surface area contributed by atoms with E-state index in [0.717, 1.165) is 35.4 Å². The molecule has 2 heterocycles. The van der Waals surface area contributed by atoms with Gasteiger partial charge in [0, 0.05) is 21.5 Å². The topological polar surface area (TPSA) is 49.4 Å². The molecule has 1 aliphatic carbocycles. The lowest BCUT2D eigenvalue weighted by Gasteiger charge is -2.31. The molecule has 3 aromatic rings. The van der Waals surface area contributed by atoms with E-state index in [4.69, 9.17) is 0 Å². The number of hydrogen-bond donors (Lipinski definition) is 1. The van der Waals surface area contributed by atoms with E-state index >= 15 is 0 Å². The van der Waals surface area contributed by atoms with Gasteiger partial charge in [-0.3, -0.25) is 14.5 Å². The molecule has 4 nitrogen and oxygen atoms in total. The number of carbonyl (C=O) groups is 2. The zero-order valence-electron chi connectivity index (χ0n) is 17.3. The first-order chi connectivity index (χ1) is 15.0. The van der Waals surface area contributed by atoms with Crippen LogP contribution in [0.15, 0.2) is 53.2 Å². The van der Waals surface area contributed by atoms with Crippen molar-refractivity contribution in [2.24, 2.45) is 0 Å². The maximum Gasteiger partial charge on any atom is 0.248 e. The number of nitrogens with one attached hydrogen (secondary N) is 1. The summed E-state index contributed by atoms with van der Waals surface area (Å²) in [6, 6.07) is 11.5. The number of hydrogen-bond acceptors (Lipinski definition) is 4. The van der Waals surface area contributed by atoms with E-state index in [1.807, 2.05) is 35.0 Å². The molecule has 31 heavy (non-hydrogen) atoms. The Hall–Kier alpha value is -2.51. The molecule has 1 fully saturated rings. The van der Waals surface area contributed by atoms with Crippen LogP contribution in [0.2, 0.25) is 0 Å². The van der Waals surface area contributed by atoms with Crippen LogP contribution < -0.4 is 10.2 Å². The fourth-order valence-corrected chi connectivity index (χ4v) is 5.50. The summed E-state index contributed by atoms with van der Waals surface area (Å²) < 4.78 is 14.5. The second kappa shape index (κ2) is 9.75. The third-order valence-corrected chi connectivity index (χ3v) is 7.43. The molecule has 0 saturated heterocycles. The number of amides is 2. The van der Waals surface area contributed by atoms with Crippen LogP contribution in [-0.4, -0.2) is 17.9 Å². The molecule has 162 valence electrons. The minimum absolute atomic E-state index is 0.124. The summed E-state index contributed by atoms with van der Waals surface area (Å²) in [6.07, 6.45) is 4.25. The molecular formula is C24H25FN2O2S2. The van der Waals surface area contributed by atoms with Gasteiger partial charge in [-0.25, -0.2) is 4.39 Å². The van der Waals surface area contributed by atoms with E-state index in [2.05, 4.69) is 5.32 Å². The summed E-state index contributed by atoms with van der Waals surface area (Å²) >= 11 is 2.92. The number of anilines is 1. The Morgan fingerprint density at radius 2 is 1.87 bits per heavy atom. The van der Waals surface area contributed by atoms with Crippen molar-refractivity contribution < 1.29 is 14.0 Å². The Kier molecular flexibility index (Phi) is 6.83. The lowest BCUT2D eigenvalue weighted by atomic mass is 10.1. The highest BCUT2D eigenvalue weighted by Gasteiger charge is 2.35. The molecule has 4 rings (SSSR count). The van der Waals surface area contributed by atoms with Crippen LogP contribution in [0, 0.1) is 12.7 Å². The summed E-state index contributed by atoms with van der Waals surface area (Å²) in [5.74, 6) is -0.840. The van der Waals surface area contributed by atoms with Gasteiger partial charge in [0.15, 0.2) is 0 Å². The number of aryl methyl sites for hydroxylation is 1. The van der Waals surface area contributed by atoms with Crippen LogP contribution in [0.5, 0.6) is 0 Å². The summed E-state index contributed by atoms with van der Waals surface area (Å²) in [5, 5.41) is 6.95. The van der Waals surface area contributed by atoms with Crippen LogP contribution in [0.4, 0.5) is 10.1 Å². The van der Waals surface area contributed by atoms with Crippen molar-refractivity contribution >= 4 is 40.2 Å². The molecule has 1 aliphatic rings. The zero-order valence-corrected chi connectivity index (χ0v) is 19.0. The predicted octanol–water partition coefficient (Wildman–Crippen LogP) is 5.63. The molecular weight excluding hydrogens is 431 g/mol. The molecule has 2 amide bonds. The highest BCUT2D eigenvalue weighted by atomic mass is 32.1. The standard InChI is InChI=1S/C24H25FN2O2S2/c1-16-10-11-18(14-20(16)25)27(22(28)15-19-8-4-12-30-19)23(21-9-5-13-31-21)24(29)26-17-6-2-3-7-17/h4-5,8-14,17,23H,2-3,6-7,15H2,1H3,(H,26,29). The van der Waals surface area contributed by atoms with Crippen molar-refractivity contribution in [3.63, 3.8) is 0 Å². The molecule has 0 bridgehead atoms. The molecule has 2 aromatic heterocycles. The molecule has 0 aliphatic heterocycles. The fraction of sp³-hybridized carbons (Fsp3) is 0.333. The maximum absolute atomic E-state index is 14.5. The van der Waals surface area contributed by atoms with Crippen LogP contribution in [0.1, 0.15) is 47.0 Å². The van der Waals surface area contributed by atoms with Crippen LogP contribution >= 0.6 is 22.7 Å². The smallest absolute Gasteiger partial charge is 0.248 e. The maximum atomic E-state index is 14.5. The minimum Gasteiger partial charge on any atom is -0.351 e. The third kappa shape index (κ3) is 5.05. The molecule has 0 spiro atoms. The quantitative estimate of drug-likeness (QED) is 0.501. The number of carbonyl (C=O) groups excluding carboxylic acids is 2. The number of rotatable bonds is 7. The molecule has 0 radical (unpaired) electrons. The number of thiophene rings is 2. The normalized spacial score (nSPS) is 15.0. The van der Waals surface area contributed by atoms with Gasteiger partial charge in [0.2, 0.25) is 11.8 Å². The summed E-state index contributed by atoms with van der Waals surface area (Å²) in [4.78, 5) is 30.1. The van der Waals surface area contributed by atoms with Gasteiger partial charge < -0.3 is 5.32 Å². The SMILES string of the molecule is Cc1ccc(N(C(=O)Cc2cccs2)C(C(=O)NC2CCCC2)c2cccs2)cc1F. The number of benzene rings is 1. The largest absolute Gasteiger partial charge is 0.351 e. The fourth-order valence-electron chi connectivity index (χ4n) is 3.99. The van der Waals surface area contributed by atoms with Crippen molar-refractivity contribution in [3.05, 3.63) is 74.4 Å². The highest BCUT2D eigenvalue weighted by Crippen LogP contribution is 2.33. The van der Waals surface area contributed by atoms with Crippen LogP contribution in [0.25, 0.3) is 0 Å². The summed E-state index contributed by atoms with van der Waals surface area (Å²) in [6.45, 7) is 1.68. The molecule has 1 saturated carbocycles. The second-order valence-electron chi connectivity index (χ2n) is 7.86. The Balaban J connectivity index is 1.73. The van der Waals surface area contributed by atoms with Gasteiger partial charge >= 0.3 is 0 Å². The van der Waals surface area contributed by atoms with Gasteiger partial charge in [0.1, 0.15) is 11.9 Å². The van der Waals surface area contributed by atoms with Crippen molar-refractivity contribution in [1.82, 2.24) is 5.32 Å². The third-order valence-electron chi connectivity index (χ3n) is 5.63. The van der Waals surface area contributed by atoms with Crippen LogP contribution in [0.3, 0.4) is 0 Å². The minimum atomic E-state index is -0.838. The van der Waals surface area contributed by atoms with E-state index in [1.165, 1.54) is 33.6 Å². The molecule has 7 heteroatoms. The van der Waals surface area contributed by atoms with E-state index in [0.29, 0.717) is 11.3 Å². The average molecular weight is 457 g/mol. The lowest BCUT2D eigenvalue weighted by molar-refractivity contribution is -0.126. The Morgan fingerprint density at radius 1 is 1.13 bits per heavy atom. The second-order valence-corrected chi connectivity index (χ2v) is 9.87. The molecule has 1 N–H and O–H groups in total. The van der Waals surface area contributed by atoms with Crippen molar-refractivity contribution in [1.29, 1.82) is 0 Å². The van der Waals surface area contributed by atoms with Gasteiger partial charge in [0.25, 0.3) is 0 Å². The monoisotopic (exact) mass is 456 g/mol. The van der Waals surface area contributed by atoms with Crippen molar-refractivity contribution in [2.75, 3.05) is 4.90 Å². The molecule has 1 atom stereocenters. The van der Waals surface area contributed by atoms with Crippen molar-refractivity contribution in [2.45, 2.75) is 51.1 Å². The van der Waals surface area contributed by atoms with Gasteiger partial charge in [-0.05, 0) is 60.4 Å². The summed E-state index contributed by atoms with van der Waals surface area (Å²) in [7, 11) is 0. The highest BCUT2D eigenvalue weighted by molar-refractivity contribution is 7.10. The van der Waals surface area contributed by atoms with E-state index < -0.39 is 11.9 Å². The summed E-state index contributed by atoms with van der Waals surface area (Å²) in [5.41, 5.74) is 0.891. The average Bonchev–Trinajstić information content (AvgIpc) is 3.52. The Labute approximate surface area is 189 Å². The van der Waals surface area contributed by atoms with Gasteiger partial charge in [0.05, 0.1) is 6.42 Å². The van der Waals surface area contributed by atoms with Crippen LogP contribution in [-0.2, 0) is 16.0 Å². The first kappa shape index (κ1) is 21.7. The van der Waals surface area contributed by atoms with E-state index in [1.54, 1.807) is 19.1 Å². The Bertz CT molecular complexity index is 1030. The lowest BCUT2D eigenvalue weighted by Crippen LogP contribution is -2.46. The van der Waals surface area contributed by atoms with E-state index in [9.17, 15) is 14.0 Å². The van der Waals surface area contributed by atoms with Gasteiger partial charge in [-0.15, -0.1) is 22.7 Å². The van der Waals surface area contributed by atoms with Gasteiger partial charge in [-0.1, -0.05) is 31.0 Å². The number of nitrogens with zero attached hydrogens (tertiary/aromatic N) is 1. The van der Waals surface area contributed by atoms with Gasteiger partial charge in [-0.2, -0.15) is 0 Å². The van der Waals surface area contributed by atoms with E-state index in [-0.39, 0.29) is 24.3 Å². The molecule has 1 aromatic carbocycles. The Morgan fingerprint density at radius 3 is 2.52 bits per heavy atom. The first-order valence-corrected chi connectivity index (χ1v) is 12.2. The predicted molar refractivity (Wildman–Crippen MR) is 124 cm³/mol. The zero-order chi connectivity index (χ0) is 21.8. The van der Waals surface area contributed by atoms with Crippen molar-refractivity contribution in [3.8, 4) is 0 Å². The molecule has 1 unspecified atom stereocenters. The first-order valence-electron chi connectivity index (χ1n) is 10.5.